The van der Waals surface area contributed by atoms with Crippen LogP contribution in [0.4, 0.5) is 10.1 Å². The second-order valence-corrected chi connectivity index (χ2v) is 8.53. The summed E-state index contributed by atoms with van der Waals surface area (Å²) < 4.78 is 25.2. The van der Waals surface area contributed by atoms with E-state index in [0.717, 1.165) is 11.1 Å². The van der Waals surface area contributed by atoms with E-state index in [2.05, 4.69) is 25.5 Å². The summed E-state index contributed by atoms with van der Waals surface area (Å²) in [4.78, 5) is 21.6. The molecule has 0 aliphatic heterocycles. The molecule has 0 aliphatic rings. The Labute approximate surface area is 222 Å². The Morgan fingerprint density at radius 1 is 0.795 bits per heavy atom. The lowest BCUT2D eigenvalue weighted by Gasteiger charge is -2.08. The number of pyridine rings is 2. The number of hydrogen-bond acceptors (Lipinski definition) is 6. The third-order valence-corrected chi connectivity index (χ3v) is 5.85. The van der Waals surface area contributed by atoms with E-state index in [1.54, 1.807) is 36.7 Å². The average Bonchev–Trinajstić information content (AvgIpc) is 3.40. The number of hydrogen-bond donors (Lipinski definition) is 2. The van der Waals surface area contributed by atoms with Gasteiger partial charge >= 0.3 is 0 Å². The van der Waals surface area contributed by atoms with Gasteiger partial charge in [0, 0.05) is 23.2 Å². The monoisotopic (exact) mass is 517 g/mol. The van der Waals surface area contributed by atoms with Crippen LogP contribution in [0.3, 0.4) is 0 Å². The molecule has 6 rings (SSSR count). The molecule has 0 aliphatic carbocycles. The summed E-state index contributed by atoms with van der Waals surface area (Å²) in [5, 5.41) is 10.5. The van der Waals surface area contributed by atoms with Gasteiger partial charge in [0.25, 0.3) is 5.91 Å². The number of H-pyrrole nitrogens is 1. The number of carbonyl (C=O) groups excluding carboxylic acids is 1. The van der Waals surface area contributed by atoms with Crippen LogP contribution in [0.25, 0.3) is 22.0 Å². The van der Waals surface area contributed by atoms with Gasteiger partial charge in [-0.1, -0.05) is 36.4 Å². The van der Waals surface area contributed by atoms with Crippen molar-refractivity contribution < 1.29 is 18.7 Å². The quantitative estimate of drug-likeness (QED) is 0.237. The number of nitrogens with zero attached hydrogens (tertiary/aromatic N) is 3. The van der Waals surface area contributed by atoms with Crippen LogP contribution < -0.4 is 14.8 Å². The van der Waals surface area contributed by atoms with E-state index in [0.29, 0.717) is 33.8 Å². The number of benzene rings is 3. The van der Waals surface area contributed by atoms with Crippen LogP contribution in [0.15, 0.2) is 110 Å². The highest BCUT2D eigenvalue weighted by atomic mass is 19.1. The van der Waals surface area contributed by atoms with Crippen molar-refractivity contribution in [3.05, 3.63) is 121 Å². The molecule has 0 saturated heterocycles. The minimum Gasteiger partial charge on any atom is -0.456 e. The number of rotatable bonds is 7. The first-order chi connectivity index (χ1) is 19.1. The van der Waals surface area contributed by atoms with Crippen molar-refractivity contribution in [2.75, 3.05) is 5.32 Å². The van der Waals surface area contributed by atoms with Crippen molar-refractivity contribution in [1.82, 2.24) is 20.2 Å². The summed E-state index contributed by atoms with van der Waals surface area (Å²) in [7, 11) is 0. The van der Waals surface area contributed by atoms with E-state index in [-0.39, 0.29) is 11.6 Å². The summed E-state index contributed by atoms with van der Waals surface area (Å²) >= 11 is 0. The average molecular weight is 518 g/mol. The van der Waals surface area contributed by atoms with E-state index >= 15 is 0 Å². The molecular weight excluding hydrogens is 497 g/mol. The third-order valence-electron chi connectivity index (χ3n) is 5.85. The third kappa shape index (κ3) is 5.28. The molecule has 2 N–H and O–H groups in total. The summed E-state index contributed by atoms with van der Waals surface area (Å²) in [5.74, 6) is 0.684. The van der Waals surface area contributed by atoms with Gasteiger partial charge < -0.3 is 14.8 Å². The van der Waals surface area contributed by atoms with Gasteiger partial charge in [0.05, 0.1) is 23.6 Å². The Kier molecular flexibility index (Phi) is 6.36. The SMILES string of the molecule is O=C(Nc1ccc(Oc2ccccc2F)nc1)c1[nH]nc2ccc(-c3cncc(Oc4ccccc4)c3)cc12. The number of halogens is 1. The molecule has 3 aromatic carbocycles. The number of fused-ring (bicyclic) bond motifs is 1. The fourth-order valence-electron chi connectivity index (χ4n) is 3.97. The minimum absolute atomic E-state index is 0.0638. The van der Waals surface area contributed by atoms with Gasteiger partial charge in [-0.3, -0.25) is 14.9 Å². The summed E-state index contributed by atoms with van der Waals surface area (Å²) in [6, 6.07) is 26.2. The summed E-state index contributed by atoms with van der Waals surface area (Å²) in [6.07, 6.45) is 4.81. The van der Waals surface area contributed by atoms with Crippen LogP contribution in [0.5, 0.6) is 23.1 Å². The number of anilines is 1. The molecule has 0 spiro atoms. The molecule has 6 aromatic rings. The smallest absolute Gasteiger partial charge is 0.274 e. The second-order valence-electron chi connectivity index (χ2n) is 8.53. The molecule has 190 valence electrons. The zero-order chi connectivity index (χ0) is 26.6. The summed E-state index contributed by atoms with van der Waals surface area (Å²) in [6.45, 7) is 0. The fraction of sp³-hybridized carbons (Fsp3) is 0. The lowest BCUT2D eigenvalue weighted by Crippen LogP contribution is -2.13. The zero-order valence-corrected chi connectivity index (χ0v) is 20.3. The topological polar surface area (TPSA) is 102 Å². The standard InChI is InChI=1S/C30H20FN5O3/c31-25-8-4-5-9-27(25)39-28-13-11-21(17-33-28)34-30(37)29-24-15-19(10-12-26(24)35-36-29)20-14-23(18-32-16-20)38-22-6-2-1-3-7-22/h1-18H,(H,34,37)(H,35,36). The van der Waals surface area contributed by atoms with Crippen LogP contribution in [-0.2, 0) is 0 Å². The summed E-state index contributed by atoms with van der Waals surface area (Å²) in [5.41, 5.74) is 3.05. The van der Waals surface area contributed by atoms with Crippen molar-refractivity contribution in [2.24, 2.45) is 0 Å². The molecule has 39 heavy (non-hydrogen) atoms. The van der Waals surface area contributed by atoms with E-state index in [1.807, 2.05) is 54.6 Å². The molecule has 0 bridgehead atoms. The predicted molar refractivity (Wildman–Crippen MR) is 145 cm³/mol. The van der Waals surface area contributed by atoms with Gasteiger partial charge in [0.2, 0.25) is 5.88 Å². The maximum Gasteiger partial charge on any atom is 0.274 e. The van der Waals surface area contributed by atoms with Crippen LogP contribution in [0.1, 0.15) is 10.5 Å². The van der Waals surface area contributed by atoms with E-state index in [9.17, 15) is 9.18 Å². The highest BCUT2D eigenvalue weighted by molar-refractivity contribution is 6.11. The number of nitrogens with one attached hydrogen (secondary N) is 2. The molecule has 0 fully saturated rings. The van der Waals surface area contributed by atoms with E-state index in [4.69, 9.17) is 9.47 Å². The lowest BCUT2D eigenvalue weighted by molar-refractivity contribution is 0.102. The number of para-hydroxylation sites is 2. The number of aromatic nitrogens is 4. The molecule has 3 heterocycles. The Bertz CT molecular complexity index is 1770. The number of ether oxygens (including phenoxy) is 2. The first kappa shape index (κ1) is 23.8. The molecule has 8 nitrogen and oxygen atoms in total. The van der Waals surface area contributed by atoms with Gasteiger partial charge in [0.15, 0.2) is 11.6 Å². The van der Waals surface area contributed by atoms with Crippen LogP contribution in [0.2, 0.25) is 0 Å². The molecule has 3 aromatic heterocycles. The predicted octanol–water partition coefficient (Wildman–Crippen LogP) is 7.00. The minimum atomic E-state index is -0.492. The molecular formula is C30H20FN5O3. The Morgan fingerprint density at radius 2 is 1.64 bits per heavy atom. The number of amides is 1. The van der Waals surface area contributed by atoms with Crippen molar-refractivity contribution in [3.63, 3.8) is 0 Å². The highest BCUT2D eigenvalue weighted by Gasteiger charge is 2.16. The highest BCUT2D eigenvalue weighted by Crippen LogP contribution is 2.29. The first-order valence-electron chi connectivity index (χ1n) is 12.0. The zero-order valence-electron chi connectivity index (χ0n) is 20.3. The lowest BCUT2D eigenvalue weighted by atomic mass is 10.0. The molecule has 0 atom stereocenters. The Morgan fingerprint density at radius 3 is 2.46 bits per heavy atom. The van der Waals surface area contributed by atoms with Crippen molar-refractivity contribution >= 4 is 22.5 Å². The fourth-order valence-corrected chi connectivity index (χ4v) is 3.97. The molecule has 9 heteroatoms. The first-order valence-corrected chi connectivity index (χ1v) is 12.0. The van der Waals surface area contributed by atoms with Crippen LogP contribution in [0, 0.1) is 5.82 Å². The van der Waals surface area contributed by atoms with Crippen molar-refractivity contribution in [1.29, 1.82) is 0 Å². The largest absolute Gasteiger partial charge is 0.456 e. The van der Waals surface area contributed by atoms with E-state index < -0.39 is 11.7 Å². The van der Waals surface area contributed by atoms with Gasteiger partial charge in [0.1, 0.15) is 17.2 Å². The van der Waals surface area contributed by atoms with Gasteiger partial charge in [-0.2, -0.15) is 5.10 Å². The van der Waals surface area contributed by atoms with Gasteiger partial charge in [-0.25, -0.2) is 9.37 Å². The van der Waals surface area contributed by atoms with Crippen molar-refractivity contribution in [3.8, 4) is 34.3 Å². The molecule has 0 saturated carbocycles. The Balaban J connectivity index is 1.20. The molecule has 0 unspecified atom stereocenters. The Hall–Kier alpha value is -5.57. The molecule has 1 amide bonds. The van der Waals surface area contributed by atoms with E-state index in [1.165, 1.54) is 18.3 Å². The van der Waals surface area contributed by atoms with Gasteiger partial charge in [-0.15, -0.1) is 0 Å². The number of carbonyl (C=O) groups is 1. The van der Waals surface area contributed by atoms with Crippen LogP contribution >= 0.6 is 0 Å². The normalized spacial score (nSPS) is 10.8. The van der Waals surface area contributed by atoms with Gasteiger partial charge in [-0.05, 0) is 54.1 Å². The maximum atomic E-state index is 13.8. The second kappa shape index (κ2) is 10.4. The van der Waals surface area contributed by atoms with Crippen molar-refractivity contribution in [2.45, 2.75) is 0 Å². The maximum absolute atomic E-state index is 13.8. The number of aromatic amines is 1. The molecule has 0 radical (unpaired) electrons. The van der Waals surface area contributed by atoms with Crippen LogP contribution in [-0.4, -0.2) is 26.1 Å².